The topological polar surface area (TPSA) is 40.6 Å². The van der Waals surface area contributed by atoms with E-state index in [0.717, 1.165) is 35.4 Å². The van der Waals surface area contributed by atoms with Gasteiger partial charge >= 0.3 is 0 Å². The average Bonchev–Trinajstić information content (AvgIpc) is 2.76. The fraction of sp³-hybridized carbons (Fsp3) is 0.500. The van der Waals surface area contributed by atoms with Gasteiger partial charge in [-0.05, 0) is 78.7 Å². The van der Waals surface area contributed by atoms with Crippen molar-refractivity contribution in [3.63, 3.8) is 0 Å². The molecule has 0 aromatic heterocycles. The molecular weight excluding hydrogens is 379 g/mol. The van der Waals surface area contributed by atoms with Crippen LogP contribution in [0.1, 0.15) is 26.2 Å². The van der Waals surface area contributed by atoms with Gasteiger partial charge in [0, 0.05) is 3.57 Å². The number of amides is 2. The van der Waals surface area contributed by atoms with Gasteiger partial charge in [0.05, 0.1) is 18.2 Å². The normalized spacial score (nSPS) is 24.9. The number of carbonyl (C=O) groups is 2. The van der Waals surface area contributed by atoms with E-state index in [2.05, 4.69) is 34.4 Å². The van der Waals surface area contributed by atoms with E-state index in [9.17, 15) is 9.59 Å². The van der Waals surface area contributed by atoms with Crippen molar-refractivity contribution in [2.75, 3.05) is 18.0 Å². The van der Waals surface area contributed by atoms with Gasteiger partial charge in [-0.1, -0.05) is 6.92 Å². The molecule has 1 unspecified atom stereocenters. The standard InChI is InChI=1S/C16H19IN2O2/c1-11-6-8-18(9-7-11)14-10-15(20)19(16(14)21)13-4-2-12(17)3-5-13/h2-5,11,14H,6-10H2,1H3. The molecular formula is C16H19IN2O2. The summed E-state index contributed by atoms with van der Waals surface area (Å²) in [6, 6.07) is 7.28. The number of carbonyl (C=O) groups excluding carboxylic acids is 2. The van der Waals surface area contributed by atoms with E-state index in [0.29, 0.717) is 12.1 Å². The van der Waals surface area contributed by atoms with Crippen LogP contribution in [0.5, 0.6) is 0 Å². The molecule has 1 aromatic rings. The Kier molecular flexibility index (Phi) is 4.31. The van der Waals surface area contributed by atoms with E-state index in [1.807, 2.05) is 24.3 Å². The predicted octanol–water partition coefficient (Wildman–Crippen LogP) is 2.66. The number of nitrogens with zero attached hydrogens (tertiary/aromatic N) is 2. The van der Waals surface area contributed by atoms with Crippen molar-refractivity contribution in [1.82, 2.24) is 4.90 Å². The molecule has 2 aliphatic heterocycles. The quantitative estimate of drug-likeness (QED) is 0.568. The second-order valence-corrected chi connectivity index (χ2v) is 7.23. The molecule has 5 heteroatoms. The van der Waals surface area contributed by atoms with Gasteiger partial charge in [0.25, 0.3) is 5.91 Å². The minimum absolute atomic E-state index is 0.0595. The SMILES string of the molecule is CC1CCN(C2CC(=O)N(c3ccc(I)cc3)C2=O)CC1. The van der Waals surface area contributed by atoms with Crippen LogP contribution in [-0.2, 0) is 9.59 Å². The van der Waals surface area contributed by atoms with Crippen LogP contribution in [-0.4, -0.2) is 35.8 Å². The fourth-order valence-corrected chi connectivity index (χ4v) is 3.46. The number of hydrogen-bond donors (Lipinski definition) is 0. The van der Waals surface area contributed by atoms with Crippen LogP contribution < -0.4 is 4.90 Å². The molecule has 0 saturated carbocycles. The molecule has 21 heavy (non-hydrogen) atoms. The van der Waals surface area contributed by atoms with Crippen molar-refractivity contribution in [1.29, 1.82) is 0 Å². The van der Waals surface area contributed by atoms with Gasteiger partial charge in [0.1, 0.15) is 0 Å². The van der Waals surface area contributed by atoms with E-state index in [1.165, 1.54) is 4.90 Å². The number of likely N-dealkylation sites (tertiary alicyclic amines) is 1. The molecule has 4 nitrogen and oxygen atoms in total. The Morgan fingerprint density at radius 2 is 1.71 bits per heavy atom. The van der Waals surface area contributed by atoms with Crippen LogP contribution in [0.2, 0.25) is 0 Å². The molecule has 2 saturated heterocycles. The number of benzene rings is 1. The molecule has 2 heterocycles. The van der Waals surface area contributed by atoms with Gasteiger partial charge in [-0.2, -0.15) is 0 Å². The molecule has 2 aliphatic rings. The Labute approximate surface area is 138 Å². The van der Waals surface area contributed by atoms with Crippen LogP contribution in [0.25, 0.3) is 0 Å². The zero-order chi connectivity index (χ0) is 15.0. The first kappa shape index (κ1) is 15.0. The van der Waals surface area contributed by atoms with Crippen LogP contribution in [0.4, 0.5) is 5.69 Å². The number of piperidine rings is 1. The highest BCUT2D eigenvalue weighted by atomic mass is 127. The molecule has 0 spiro atoms. The van der Waals surface area contributed by atoms with Crippen molar-refractivity contribution in [2.24, 2.45) is 5.92 Å². The Hall–Kier alpha value is -0.950. The lowest BCUT2D eigenvalue weighted by Gasteiger charge is -2.33. The van der Waals surface area contributed by atoms with E-state index in [-0.39, 0.29) is 17.9 Å². The first-order valence-electron chi connectivity index (χ1n) is 7.42. The molecule has 2 fully saturated rings. The largest absolute Gasteiger partial charge is 0.292 e. The van der Waals surface area contributed by atoms with E-state index >= 15 is 0 Å². The number of imide groups is 1. The third-order valence-corrected chi connectivity index (χ3v) is 5.19. The smallest absolute Gasteiger partial charge is 0.251 e. The van der Waals surface area contributed by atoms with E-state index in [1.54, 1.807) is 0 Å². The Morgan fingerprint density at radius 1 is 1.10 bits per heavy atom. The van der Waals surface area contributed by atoms with E-state index in [4.69, 9.17) is 0 Å². The lowest BCUT2D eigenvalue weighted by Crippen LogP contribution is -2.45. The third kappa shape index (κ3) is 2.99. The highest BCUT2D eigenvalue weighted by molar-refractivity contribution is 14.1. The molecule has 112 valence electrons. The molecule has 0 bridgehead atoms. The van der Waals surface area contributed by atoms with Crippen molar-refractivity contribution in [3.8, 4) is 0 Å². The van der Waals surface area contributed by atoms with Gasteiger partial charge in [-0.25, -0.2) is 4.90 Å². The summed E-state index contributed by atoms with van der Waals surface area (Å²) in [6.45, 7) is 4.09. The summed E-state index contributed by atoms with van der Waals surface area (Å²) in [5, 5.41) is 0. The summed E-state index contributed by atoms with van der Waals surface area (Å²) >= 11 is 2.21. The summed E-state index contributed by atoms with van der Waals surface area (Å²) in [5.74, 6) is 0.585. The second-order valence-electron chi connectivity index (χ2n) is 5.98. The molecule has 2 amide bonds. The molecule has 1 atom stereocenters. The highest BCUT2D eigenvalue weighted by Crippen LogP contribution is 2.28. The number of halogens is 1. The fourth-order valence-electron chi connectivity index (χ4n) is 3.10. The number of anilines is 1. The Morgan fingerprint density at radius 3 is 2.33 bits per heavy atom. The Balaban J connectivity index is 1.77. The van der Waals surface area contributed by atoms with Gasteiger partial charge in [0.2, 0.25) is 5.91 Å². The first-order chi connectivity index (χ1) is 10.1. The molecule has 3 rings (SSSR count). The van der Waals surface area contributed by atoms with Crippen molar-refractivity contribution >= 4 is 40.1 Å². The van der Waals surface area contributed by atoms with Crippen LogP contribution >= 0.6 is 22.6 Å². The lowest BCUT2D eigenvalue weighted by molar-refractivity contribution is -0.123. The highest BCUT2D eigenvalue weighted by Gasteiger charge is 2.43. The van der Waals surface area contributed by atoms with Gasteiger partial charge in [0.15, 0.2) is 0 Å². The zero-order valence-electron chi connectivity index (χ0n) is 12.1. The van der Waals surface area contributed by atoms with Gasteiger partial charge in [-0.3, -0.25) is 14.5 Å². The van der Waals surface area contributed by atoms with Crippen molar-refractivity contribution in [2.45, 2.75) is 32.2 Å². The molecule has 0 aliphatic carbocycles. The predicted molar refractivity (Wildman–Crippen MR) is 90.0 cm³/mol. The van der Waals surface area contributed by atoms with Crippen LogP contribution in [0, 0.1) is 9.49 Å². The summed E-state index contributed by atoms with van der Waals surface area (Å²) in [4.78, 5) is 28.5. The minimum Gasteiger partial charge on any atom is -0.292 e. The Bertz CT molecular complexity index is 550. The van der Waals surface area contributed by atoms with Crippen molar-refractivity contribution in [3.05, 3.63) is 27.8 Å². The van der Waals surface area contributed by atoms with E-state index < -0.39 is 0 Å². The molecule has 0 radical (unpaired) electrons. The second kappa shape index (κ2) is 6.04. The average molecular weight is 398 g/mol. The third-order valence-electron chi connectivity index (χ3n) is 4.47. The van der Waals surface area contributed by atoms with Crippen LogP contribution in [0.15, 0.2) is 24.3 Å². The maximum absolute atomic E-state index is 12.6. The monoisotopic (exact) mass is 398 g/mol. The first-order valence-corrected chi connectivity index (χ1v) is 8.50. The summed E-state index contributed by atoms with van der Waals surface area (Å²) in [5.41, 5.74) is 0.693. The molecule has 1 aromatic carbocycles. The summed E-state index contributed by atoms with van der Waals surface area (Å²) in [6.07, 6.45) is 2.54. The van der Waals surface area contributed by atoms with Crippen LogP contribution in [0.3, 0.4) is 0 Å². The number of hydrogen-bond acceptors (Lipinski definition) is 3. The maximum atomic E-state index is 12.6. The van der Waals surface area contributed by atoms with Crippen molar-refractivity contribution < 1.29 is 9.59 Å². The molecule has 0 N–H and O–H groups in total. The lowest BCUT2D eigenvalue weighted by atomic mass is 9.97. The van der Waals surface area contributed by atoms with Gasteiger partial charge in [-0.15, -0.1) is 0 Å². The van der Waals surface area contributed by atoms with Gasteiger partial charge < -0.3 is 0 Å². The summed E-state index contributed by atoms with van der Waals surface area (Å²) in [7, 11) is 0. The summed E-state index contributed by atoms with van der Waals surface area (Å²) < 4.78 is 1.09. The minimum atomic E-state index is -0.260. The number of rotatable bonds is 2. The maximum Gasteiger partial charge on any atom is 0.251 e. The zero-order valence-corrected chi connectivity index (χ0v) is 14.2.